The number of piperidine rings is 1. The van der Waals surface area contributed by atoms with E-state index < -0.39 is 0 Å². The molecule has 2 saturated heterocycles. The van der Waals surface area contributed by atoms with E-state index in [1.54, 1.807) is 0 Å². The van der Waals surface area contributed by atoms with Crippen LogP contribution in [0.3, 0.4) is 0 Å². The van der Waals surface area contributed by atoms with Gasteiger partial charge in [-0.25, -0.2) is 4.98 Å². The number of nitrogens with zero attached hydrogens (tertiary/aromatic N) is 3. The van der Waals surface area contributed by atoms with E-state index in [9.17, 15) is 4.79 Å². The van der Waals surface area contributed by atoms with Gasteiger partial charge in [-0.2, -0.15) is 0 Å². The number of hydrogen-bond acceptors (Lipinski definition) is 5. The summed E-state index contributed by atoms with van der Waals surface area (Å²) in [5, 5.41) is 6.50. The molecule has 28 heavy (non-hydrogen) atoms. The Morgan fingerprint density at radius 2 is 1.86 bits per heavy atom. The van der Waals surface area contributed by atoms with Crippen molar-refractivity contribution in [3.8, 4) is 0 Å². The van der Waals surface area contributed by atoms with Gasteiger partial charge in [-0.05, 0) is 56.4 Å². The van der Waals surface area contributed by atoms with E-state index in [-0.39, 0.29) is 49.0 Å². The Morgan fingerprint density at radius 3 is 2.46 bits per heavy atom. The summed E-state index contributed by atoms with van der Waals surface area (Å²) in [6.07, 6.45) is 5.26. The van der Waals surface area contributed by atoms with Gasteiger partial charge >= 0.3 is 0 Å². The molecule has 3 fully saturated rings. The number of anilines is 1. The minimum Gasteiger partial charge on any atom is -0.354 e. The van der Waals surface area contributed by atoms with Crippen LogP contribution in [-0.4, -0.2) is 62.1 Å². The summed E-state index contributed by atoms with van der Waals surface area (Å²) in [7, 11) is 2.16. The molecule has 1 atom stereocenters. The number of rotatable bonds is 4. The molecule has 1 saturated carbocycles. The third kappa shape index (κ3) is 5.63. The van der Waals surface area contributed by atoms with Crippen LogP contribution in [0.2, 0.25) is 0 Å². The van der Waals surface area contributed by atoms with Crippen LogP contribution in [0.15, 0.2) is 18.3 Å². The van der Waals surface area contributed by atoms with Gasteiger partial charge in [-0.1, -0.05) is 6.07 Å². The molecule has 4 rings (SSSR count). The third-order valence-electron chi connectivity index (χ3n) is 6.21. The van der Waals surface area contributed by atoms with E-state index in [4.69, 9.17) is 0 Å². The van der Waals surface area contributed by atoms with Crippen LogP contribution in [0.4, 0.5) is 5.82 Å². The summed E-state index contributed by atoms with van der Waals surface area (Å²) in [6, 6.07) is 4.17. The fourth-order valence-corrected chi connectivity index (χ4v) is 4.25. The lowest BCUT2D eigenvalue weighted by molar-refractivity contribution is -0.123. The van der Waals surface area contributed by atoms with Crippen LogP contribution in [0, 0.1) is 11.3 Å². The number of piperazine rings is 1. The standard InChI is InChI=1S/C19H29N5O.3ClH/c1-23-8-10-24(11-9-23)17-3-2-15(13-21-17)14-22-18(25)16-12-19(16)4-6-20-7-5-19;;;/h2-3,13,16,20H,4-12,14H2,1H3,(H,22,25);3*1H. The summed E-state index contributed by atoms with van der Waals surface area (Å²) < 4.78 is 0. The molecule has 2 aliphatic heterocycles. The second kappa shape index (κ2) is 10.8. The normalized spacial score (nSPS) is 23.0. The first-order valence-electron chi connectivity index (χ1n) is 9.53. The Hall–Kier alpha value is -0.790. The van der Waals surface area contributed by atoms with Crippen molar-refractivity contribution >= 4 is 48.9 Å². The molecule has 3 aliphatic rings. The molecule has 160 valence electrons. The molecule has 1 aromatic rings. The number of pyridine rings is 1. The van der Waals surface area contributed by atoms with Crippen molar-refractivity contribution in [2.45, 2.75) is 25.8 Å². The molecule has 6 nitrogen and oxygen atoms in total. The first kappa shape index (κ1) is 25.2. The lowest BCUT2D eigenvalue weighted by Gasteiger charge is -2.33. The van der Waals surface area contributed by atoms with E-state index in [1.165, 1.54) is 0 Å². The Bertz CT molecular complexity index is 617. The van der Waals surface area contributed by atoms with Crippen LogP contribution in [0.25, 0.3) is 0 Å². The summed E-state index contributed by atoms with van der Waals surface area (Å²) in [6.45, 7) is 6.91. The van der Waals surface area contributed by atoms with Crippen LogP contribution >= 0.6 is 37.2 Å². The quantitative estimate of drug-likeness (QED) is 0.733. The summed E-state index contributed by atoms with van der Waals surface area (Å²) in [5.41, 5.74) is 1.38. The maximum absolute atomic E-state index is 12.4. The predicted octanol–water partition coefficient (Wildman–Crippen LogP) is 2.10. The topological polar surface area (TPSA) is 60.5 Å². The second-order valence-electron chi connectivity index (χ2n) is 7.90. The van der Waals surface area contributed by atoms with Crippen LogP contribution < -0.4 is 15.5 Å². The van der Waals surface area contributed by atoms with E-state index in [0.717, 1.165) is 69.9 Å². The fraction of sp³-hybridized carbons (Fsp3) is 0.684. The number of halogens is 3. The van der Waals surface area contributed by atoms with Crippen molar-refractivity contribution in [2.75, 3.05) is 51.2 Å². The predicted molar refractivity (Wildman–Crippen MR) is 120 cm³/mol. The summed E-state index contributed by atoms with van der Waals surface area (Å²) in [4.78, 5) is 21.7. The minimum absolute atomic E-state index is 0. The van der Waals surface area contributed by atoms with Crippen molar-refractivity contribution in [3.63, 3.8) is 0 Å². The van der Waals surface area contributed by atoms with E-state index in [0.29, 0.717) is 12.0 Å². The average molecular weight is 453 g/mol. The molecule has 0 aromatic carbocycles. The van der Waals surface area contributed by atoms with Crippen molar-refractivity contribution in [2.24, 2.45) is 11.3 Å². The van der Waals surface area contributed by atoms with Gasteiger partial charge in [0.1, 0.15) is 5.82 Å². The summed E-state index contributed by atoms with van der Waals surface area (Å²) in [5.74, 6) is 1.50. The SMILES string of the molecule is CN1CCN(c2ccc(CNC(=O)C3CC34CCNCC4)cn2)CC1.Cl.Cl.Cl. The lowest BCUT2D eigenvalue weighted by Crippen LogP contribution is -2.44. The van der Waals surface area contributed by atoms with Crippen LogP contribution in [0.1, 0.15) is 24.8 Å². The van der Waals surface area contributed by atoms with Gasteiger partial charge in [0, 0.05) is 44.8 Å². The van der Waals surface area contributed by atoms with Crippen molar-refractivity contribution in [3.05, 3.63) is 23.9 Å². The van der Waals surface area contributed by atoms with E-state index in [2.05, 4.69) is 44.6 Å². The van der Waals surface area contributed by atoms with Gasteiger partial charge in [-0.3, -0.25) is 4.79 Å². The van der Waals surface area contributed by atoms with Gasteiger partial charge in [0.05, 0.1) is 0 Å². The van der Waals surface area contributed by atoms with Crippen LogP contribution in [-0.2, 0) is 11.3 Å². The Kier molecular flexibility index (Phi) is 9.77. The van der Waals surface area contributed by atoms with Gasteiger partial charge in [0.15, 0.2) is 0 Å². The lowest BCUT2D eigenvalue weighted by atomic mass is 9.92. The highest BCUT2D eigenvalue weighted by atomic mass is 35.5. The smallest absolute Gasteiger partial charge is 0.223 e. The van der Waals surface area contributed by atoms with Gasteiger partial charge in [0.2, 0.25) is 5.91 Å². The van der Waals surface area contributed by atoms with Crippen molar-refractivity contribution in [1.29, 1.82) is 0 Å². The maximum Gasteiger partial charge on any atom is 0.223 e. The molecule has 1 aromatic heterocycles. The zero-order chi connectivity index (χ0) is 17.3. The fourth-order valence-electron chi connectivity index (χ4n) is 4.25. The number of carbonyl (C=O) groups is 1. The Balaban J connectivity index is 0.00000131. The van der Waals surface area contributed by atoms with Gasteiger partial charge in [-0.15, -0.1) is 37.2 Å². The molecule has 1 unspecified atom stereocenters. The van der Waals surface area contributed by atoms with Crippen molar-refractivity contribution in [1.82, 2.24) is 20.5 Å². The first-order chi connectivity index (χ1) is 12.2. The number of hydrogen-bond donors (Lipinski definition) is 2. The van der Waals surface area contributed by atoms with E-state index in [1.807, 2.05) is 6.20 Å². The monoisotopic (exact) mass is 451 g/mol. The van der Waals surface area contributed by atoms with Crippen molar-refractivity contribution < 1.29 is 4.79 Å². The molecular formula is C19H32Cl3N5O. The third-order valence-corrected chi connectivity index (χ3v) is 6.21. The number of likely N-dealkylation sites (N-methyl/N-ethyl adjacent to an activating group) is 1. The Morgan fingerprint density at radius 1 is 1.18 bits per heavy atom. The second-order valence-corrected chi connectivity index (χ2v) is 7.90. The number of aromatic nitrogens is 1. The number of amides is 1. The highest BCUT2D eigenvalue weighted by molar-refractivity contribution is 5.86. The average Bonchev–Trinajstić information content (AvgIpc) is 3.34. The molecular weight excluding hydrogens is 421 g/mol. The van der Waals surface area contributed by atoms with Crippen LogP contribution in [0.5, 0.6) is 0 Å². The number of carbonyl (C=O) groups excluding carboxylic acids is 1. The molecule has 1 amide bonds. The molecule has 0 radical (unpaired) electrons. The zero-order valence-electron chi connectivity index (χ0n) is 16.4. The van der Waals surface area contributed by atoms with Gasteiger partial charge < -0.3 is 20.4 Å². The van der Waals surface area contributed by atoms with Gasteiger partial charge in [0.25, 0.3) is 0 Å². The Labute approximate surface area is 186 Å². The molecule has 9 heteroatoms. The highest BCUT2D eigenvalue weighted by Crippen LogP contribution is 2.58. The maximum atomic E-state index is 12.4. The zero-order valence-corrected chi connectivity index (χ0v) is 18.8. The molecule has 1 spiro atoms. The number of nitrogens with one attached hydrogen (secondary N) is 2. The molecule has 1 aliphatic carbocycles. The summed E-state index contributed by atoms with van der Waals surface area (Å²) >= 11 is 0. The van der Waals surface area contributed by atoms with E-state index >= 15 is 0 Å². The highest BCUT2D eigenvalue weighted by Gasteiger charge is 2.57. The minimum atomic E-state index is 0. The molecule has 2 N–H and O–H groups in total. The first-order valence-corrected chi connectivity index (χ1v) is 9.53. The largest absolute Gasteiger partial charge is 0.354 e. The molecule has 0 bridgehead atoms. The molecule has 3 heterocycles.